The molecule has 0 saturated heterocycles. The van der Waals surface area contributed by atoms with E-state index < -0.39 is 5.41 Å². The van der Waals surface area contributed by atoms with E-state index in [1.807, 2.05) is 30.5 Å². The van der Waals surface area contributed by atoms with Crippen LogP contribution in [0.5, 0.6) is 0 Å². The molecule has 0 saturated carbocycles. The van der Waals surface area contributed by atoms with Crippen LogP contribution in [0.15, 0.2) is 249 Å². The molecule has 0 unspecified atom stereocenters. The van der Waals surface area contributed by atoms with E-state index in [1.54, 1.807) is 6.20 Å². The lowest BCUT2D eigenvalue weighted by molar-refractivity contribution is 0.768. The second-order valence-electron chi connectivity index (χ2n) is 16.7. The summed E-state index contributed by atoms with van der Waals surface area (Å²) >= 11 is 0. The molecule has 0 aliphatic heterocycles. The Kier molecular flexibility index (Phi) is 9.39. The van der Waals surface area contributed by atoms with E-state index in [0.717, 1.165) is 50.2 Å². The number of rotatable bonds is 8. The van der Waals surface area contributed by atoms with Crippen LogP contribution in [0.4, 0.5) is 0 Å². The van der Waals surface area contributed by atoms with Crippen LogP contribution in [0, 0.1) is 0 Å². The maximum absolute atomic E-state index is 5.25. The summed E-state index contributed by atoms with van der Waals surface area (Å²) in [5.41, 5.74) is 19.0. The highest BCUT2D eigenvalue weighted by atomic mass is 14.9. The number of nitrogens with zero attached hydrogens (tertiary/aromatic N) is 3. The standard InChI is InChI=1S/C62H41N3/c1-4-17-44(18-5-1)61-64-58(46-20-14-19-45(39-46)47-21-16-38-63-41-47)40-59(65-61)54-37-36-50(52-26-10-11-27-53(52)54)42-32-34-43(35-33-42)51-29-15-31-57-60(51)55-28-12-13-30-56(55)62(57,48-22-6-2-7-23-48)49-24-8-3-9-25-49/h1-41H. The van der Waals surface area contributed by atoms with Crippen molar-refractivity contribution in [2.75, 3.05) is 0 Å². The Morgan fingerprint density at radius 2 is 0.846 bits per heavy atom. The largest absolute Gasteiger partial charge is 0.264 e. The normalized spacial score (nSPS) is 12.4. The molecule has 0 spiro atoms. The van der Waals surface area contributed by atoms with Gasteiger partial charge in [-0.3, -0.25) is 4.98 Å². The van der Waals surface area contributed by atoms with Crippen molar-refractivity contribution in [3.05, 3.63) is 271 Å². The van der Waals surface area contributed by atoms with Crippen molar-refractivity contribution in [1.29, 1.82) is 0 Å². The molecule has 0 amide bonds. The summed E-state index contributed by atoms with van der Waals surface area (Å²) in [6.07, 6.45) is 3.70. The smallest absolute Gasteiger partial charge is 0.160 e. The van der Waals surface area contributed by atoms with Gasteiger partial charge < -0.3 is 0 Å². The van der Waals surface area contributed by atoms with Gasteiger partial charge in [0.1, 0.15) is 0 Å². The molecule has 0 bridgehead atoms. The summed E-state index contributed by atoms with van der Waals surface area (Å²) in [4.78, 5) is 14.8. The third-order valence-electron chi connectivity index (χ3n) is 13.1. The van der Waals surface area contributed by atoms with Crippen LogP contribution in [-0.2, 0) is 5.41 Å². The zero-order chi connectivity index (χ0) is 43.2. The van der Waals surface area contributed by atoms with Gasteiger partial charge in [0, 0.05) is 34.6 Å². The van der Waals surface area contributed by atoms with Gasteiger partial charge in [-0.05, 0) is 90.2 Å². The monoisotopic (exact) mass is 827 g/mol. The lowest BCUT2D eigenvalue weighted by Gasteiger charge is -2.34. The molecule has 3 heteroatoms. The Morgan fingerprint density at radius 3 is 1.57 bits per heavy atom. The highest BCUT2D eigenvalue weighted by Gasteiger charge is 2.46. The molecule has 0 atom stereocenters. The first-order valence-corrected chi connectivity index (χ1v) is 22.2. The molecular formula is C62H41N3. The number of benzene rings is 9. The van der Waals surface area contributed by atoms with Gasteiger partial charge in [0.2, 0.25) is 0 Å². The lowest BCUT2D eigenvalue weighted by Crippen LogP contribution is -2.28. The van der Waals surface area contributed by atoms with E-state index in [4.69, 9.17) is 9.97 Å². The van der Waals surface area contributed by atoms with E-state index in [0.29, 0.717) is 5.82 Å². The van der Waals surface area contributed by atoms with Crippen LogP contribution < -0.4 is 0 Å². The Hall–Kier alpha value is -8.53. The van der Waals surface area contributed by atoms with Gasteiger partial charge in [-0.1, -0.05) is 218 Å². The molecule has 0 N–H and O–H groups in total. The predicted molar refractivity (Wildman–Crippen MR) is 267 cm³/mol. The first-order chi connectivity index (χ1) is 32.2. The summed E-state index contributed by atoms with van der Waals surface area (Å²) in [7, 11) is 0. The Balaban J connectivity index is 0.962. The van der Waals surface area contributed by atoms with E-state index in [-0.39, 0.29) is 0 Å². The van der Waals surface area contributed by atoms with Gasteiger partial charge in [-0.2, -0.15) is 0 Å². The van der Waals surface area contributed by atoms with E-state index >= 15 is 0 Å². The molecule has 1 aliphatic carbocycles. The average molecular weight is 828 g/mol. The van der Waals surface area contributed by atoms with Gasteiger partial charge in [0.15, 0.2) is 5.82 Å². The molecule has 11 aromatic rings. The minimum atomic E-state index is -0.443. The first-order valence-electron chi connectivity index (χ1n) is 22.2. The zero-order valence-electron chi connectivity index (χ0n) is 35.5. The SMILES string of the molecule is c1ccc(-c2nc(-c3cccc(-c4cccnc4)c3)cc(-c3ccc(-c4ccc(-c5cccc6c5-c5ccccc5C6(c5ccccc5)c5ccccc5)cc4)c4ccccc34)n2)cc1. The molecular weight excluding hydrogens is 787 g/mol. The van der Waals surface area contributed by atoms with Crippen molar-refractivity contribution in [3.8, 4) is 78.4 Å². The predicted octanol–water partition coefficient (Wildman–Crippen LogP) is 15.4. The Bertz CT molecular complexity index is 3470. The van der Waals surface area contributed by atoms with Crippen molar-refractivity contribution in [3.63, 3.8) is 0 Å². The molecule has 0 fully saturated rings. The summed E-state index contributed by atoms with van der Waals surface area (Å²) < 4.78 is 0. The Labute approximate surface area is 379 Å². The fourth-order valence-corrected chi connectivity index (χ4v) is 10.2. The van der Waals surface area contributed by atoms with Crippen molar-refractivity contribution in [1.82, 2.24) is 15.0 Å². The van der Waals surface area contributed by atoms with Crippen molar-refractivity contribution < 1.29 is 0 Å². The number of hydrogen-bond donors (Lipinski definition) is 0. The maximum Gasteiger partial charge on any atom is 0.160 e. The fourth-order valence-electron chi connectivity index (χ4n) is 10.2. The molecule has 3 nitrogen and oxygen atoms in total. The van der Waals surface area contributed by atoms with Gasteiger partial charge >= 0.3 is 0 Å². The van der Waals surface area contributed by atoms with E-state index in [9.17, 15) is 0 Å². The fraction of sp³-hybridized carbons (Fsp3) is 0.0161. The van der Waals surface area contributed by atoms with Crippen LogP contribution in [-0.4, -0.2) is 15.0 Å². The number of aromatic nitrogens is 3. The molecule has 304 valence electrons. The summed E-state index contributed by atoms with van der Waals surface area (Å²) in [5, 5.41) is 2.31. The zero-order valence-corrected chi connectivity index (χ0v) is 35.5. The average Bonchev–Trinajstić information content (AvgIpc) is 3.71. The number of pyridine rings is 1. The van der Waals surface area contributed by atoms with Gasteiger partial charge in [-0.15, -0.1) is 0 Å². The highest BCUT2D eigenvalue weighted by Crippen LogP contribution is 2.58. The number of hydrogen-bond acceptors (Lipinski definition) is 3. The second kappa shape index (κ2) is 16.0. The Morgan fingerprint density at radius 1 is 0.308 bits per heavy atom. The third-order valence-corrected chi connectivity index (χ3v) is 13.1. The second-order valence-corrected chi connectivity index (χ2v) is 16.7. The van der Waals surface area contributed by atoms with Crippen LogP contribution >= 0.6 is 0 Å². The van der Waals surface area contributed by atoms with E-state index in [2.05, 4.69) is 217 Å². The topological polar surface area (TPSA) is 38.7 Å². The van der Waals surface area contributed by atoms with Gasteiger partial charge in [0.25, 0.3) is 0 Å². The van der Waals surface area contributed by atoms with Crippen molar-refractivity contribution >= 4 is 10.8 Å². The minimum absolute atomic E-state index is 0.443. The molecule has 9 aromatic carbocycles. The molecule has 2 aromatic heterocycles. The number of fused-ring (bicyclic) bond motifs is 4. The van der Waals surface area contributed by atoms with E-state index in [1.165, 1.54) is 55.5 Å². The van der Waals surface area contributed by atoms with Gasteiger partial charge in [-0.25, -0.2) is 9.97 Å². The molecule has 65 heavy (non-hydrogen) atoms. The summed E-state index contributed by atoms with van der Waals surface area (Å²) in [6, 6.07) is 85.1. The molecule has 2 heterocycles. The molecule has 0 radical (unpaired) electrons. The first kappa shape index (κ1) is 38.2. The molecule has 1 aliphatic rings. The highest BCUT2D eigenvalue weighted by molar-refractivity contribution is 6.05. The summed E-state index contributed by atoms with van der Waals surface area (Å²) in [6.45, 7) is 0. The van der Waals surface area contributed by atoms with Crippen LogP contribution in [0.2, 0.25) is 0 Å². The van der Waals surface area contributed by atoms with Gasteiger partial charge in [0.05, 0.1) is 16.8 Å². The lowest BCUT2D eigenvalue weighted by atomic mass is 9.67. The van der Waals surface area contributed by atoms with Crippen molar-refractivity contribution in [2.24, 2.45) is 0 Å². The van der Waals surface area contributed by atoms with Crippen LogP contribution in [0.1, 0.15) is 22.3 Å². The van der Waals surface area contributed by atoms with Crippen molar-refractivity contribution in [2.45, 2.75) is 5.41 Å². The maximum atomic E-state index is 5.25. The molecule has 12 rings (SSSR count). The third kappa shape index (κ3) is 6.48. The van der Waals surface area contributed by atoms with Crippen LogP contribution in [0.25, 0.3) is 89.2 Å². The quantitative estimate of drug-likeness (QED) is 0.153. The minimum Gasteiger partial charge on any atom is -0.264 e. The summed E-state index contributed by atoms with van der Waals surface area (Å²) in [5.74, 6) is 0.688. The van der Waals surface area contributed by atoms with Crippen LogP contribution in [0.3, 0.4) is 0 Å².